The molecule has 1 amide bonds. The average molecular weight is 247 g/mol. The number of rotatable bonds is 2. The number of hydrogen-bond acceptors (Lipinski definition) is 3. The smallest absolute Gasteiger partial charge is 0.375 e. The zero-order valence-electron chi connectivity index (χ0n) is 10.8. The summed E-state index contributed by atoms with van der Waals surface area (Å²) < 4.78 is 4.44. The highest BCUT2D eigenvalue weighted by molar-refractivity contribution is 5.95. The fraction of sp³-hybridized carbons (Fsp3) is 0.429. The maximum atomic E-state index is 11.3. The van der Waals surface area contributed by atoms with Gasteiger partial charge in [-0.05, 0) is 16.5 Å². The van der Waals surface area contributed by atoms with E-state index in [1.165, 1.54) is 5.56 Å². The summed E-state index contributed by atoms with van der Waals surface area (Å²) in [5.41, 5.74) is 2.36. The summed E-state index contributed by atoms with van der Waals surface area (Å²) in [6.07, 6.45) is -0.189. The lowest BCUT2D eigenvalue weighted by Crippen LogP contribution is -2.30. The van der Waals surface area contributed by atoms with Crippen molar-refractivity contribution in [1.82, 2.24) is 5.32 Å². The summed E-state index contributed by atoms with van der Waals surface area (Å²) in [6.45, 7) is 6.45. The van der Waals surface area contributed by atoms with Crippen molar-refractivity contribution in [3.63, 3.8) is 0 Å². The number of ether oxygens (including phenoxy) is 1. The van der Waals surface area contributed by atoms with Gasteiger partial charge in [-0.3, -0.25) is 0 Å². The lowest BCUT2D eigenvalue weighted by molar-refractivity contribution is -0.135. The van der Waals surface area contributed by atoms with Crippen LogP contribution in [0.3, 0.4) is 0 Å². The molecular formula is C14H17NO3. The van der Waals surface area contributed by atoms with Crippen molar-refractivity contribution >= 4 is 12.1 Å². The SMILES string of the molecule is CC(C)(C)c1ccc(CC2NC(=O)OC2=O)cc1. The van der Waals surface area contributed by atoms with E-state index in [1.807, 2.05) is 12.1 Å². The number of nitrogens with one attached hydrogen (secondary N) is 1. The quantitative estimate of drug-likeness (QED) is 0.643. The standard InChI is InChI=1S/C14H17NO3/c1-14(2,3)10-6-4-9(5-7-10)8-11-12(16)18-13(17)15-11/h4-7,11H,8H2,1-3H3,(H,15,17). The fourth-order valence-corrected chi connectivity index (χ4v) is 1.90. The Hall–Kier alpha value is -1.84. The molecule has 96 valence electrons. The molecule has 0 saturated carbocycles. The van der Waals surface area contributed by atoms with E-state index < -0.39 is 18.1 Å². The highest BCUT2D eigenvalue weighted by Gasteiger charge is 2.32. The molecule has 1 aliphatic rings. The maximum absolute atomic E-state index is 11.3. The molecule has 1 aromatic carbocycles. The molecule has 2 rings (SSSR count). The van der Waals surface area contributed by atoms with Crippen LogP contribution in [0.4, 0.5) is 4.79 Å². The van der Waals surface area contributed by atoms with Crippen LogP contribution in [0, 0.1) is 0 Å². The van der Waals surface area contributed by atoms with Crippen LogP contribution in [0.5, 0.6) is 0 Å². The van der Waals surface area contributed by atoms with Crippen LogP contribution in [0.2, 0.25) is 0 Å². The molecule has 1 N–H and O–H groups in total. The first-order chi connectivity index (χ1) is 8.36. The molecule has 0 aromatic heterocycles. The molecule has 1 atom stereocenters. The minimum atomic E-state index is -0.656. The van der Waals surface area contributed by atoms with Gasteiger partial charge in [0.1, 0.15) is 6.04 Å². The van der Waals surface area contributed by atoms with Crippen molar-refractivity contribution in [1.29, 1.82) is 0 Å². The van der Waals surface area contributed by atoms with Crippen LogP contribution in [-0.2, 0) is 21.4 Å². The first kappa shape index (κ1) is 12.6. The predicted molar refractivity (Wildman–Crippen MR) is 67.3 cm³/mol. The molecule has 1 heterocycles. The first-order valence-electron chi connectivity index (χ1n) is 5.98. The summed E-state index contributed by atoms with van der Waals surface area (Å²) in [5.74, 6) is -0.500. The monoisotopic (exact) mass is 247 g/mol. The second-order valence-electron chi connectivity index (χ2n) is 5.56. The van der Waals surface area contributed by atoms with E-state index in [9.17, 15) is 9.59 Å². The van der Waals surface area contributed by atoms with Gasteiger partial charge in [-0.15, -0.1) is 0 Å². The summed E-state index contributed by atoms with van der Waals surface area (Å²) in [7, 11) is 0. The molecule has 0 aliphatic carbocycles. The number of carbonyl (C=O) groups excluding carboxylic acids is 2. The molecule has 1 fully saturated rings. The van der Waals surface area contributed by atoms with Crippen LogP contribution < -0.4 is 5.32 Å². The molecule has 1 saturated heterocycles. The van der Waals surface area contributed by atoms with Crippen molar-refractivity contribution in [2.75, 3.05) is 0 Å². The van der Waals surface area contributed by atoms with Gasteiger partial charge in [0.2, 0.25) is 0 Å². The minimum Gasteiger partial charge on any atom is -0.375 e. The Labute approximate surface area is 106 Å². The Morgan fingerprint density at radius 2 is 1.78 bits per heavy atom. The lowest BCUT2D eigenvalue weighted by atomic mass is 9.86. The second kappa shape index (κ2) is 4.44. The largest absolute Gasteiger partial charge is 0.415 e. The zero-order valence-corrected chi connectivity index (χ0v) is 10.8. The number of amides is 1. The minimum absolute atomic E-state index is 0.110. The van der Waals surface area contributed by atoms with Crippen LogP contribution in [-0.4, -0.2) is 18.1 Å². The number of hydrogen-bond donors (Lipinski definition) is 1. The van der Waals surface area contributed by atoms with Crippen LogP contribution in [0.1, 0.15) is 31.9 Å². The van der Waals surface area contributed by atoms with Gasteiger partial charge in [-0.1, -0.05) is 45.0 Å². The lowest BCUT2D eigenvalue weighted by Gasteiger charge is -2.19. The molecule has 4 nitrogen and oxygen atoms in total. The number of esters is 1. The molecule has 1 aliphatic heterocycles. The van der Waals surface area contributed by atoms with Gasteiger partial charge in [0.15, 0.2) is 0 Å². The van der Waals surface area contributed by atoms with Gasteiger partial charge in [0.05, 0.1) is 0 Å². The van der Waals surface area contributed by atoms with Crippen molar-refractivity contribution in [3.05, 3.63) is 35.4 Å². The van der Waals surface area contributed by atoms with Gasteiger partial charge in [0.25, 0.3) is 0 Å². The van der Waals surface area contributed by atoms with E-state index >= 15 is 0 Å². The van der Waals surface area contributed by atoms with Gasteiger partial charge >= 0.3 is 12.1 Å². The van der Waals surface area contributed by atoms with Crippen molar-refractivity contribution in [2.45, 2.75) is 38.6 Å². The Morgan fingerprint density at radius 1 is 1.17 bits per heavy atom. The average Bonchev–Trinajstić information content (AvgIpc) is 2.57. The Morgan fingerprint density at radius 3 is 2.22 bits per heavy atom. The third-order valence-corrected chi connectivity index (χ3v) is 3.03. The van der Waals surface area contributed by atoms with Crippen molar-refractivity contribution in [2.24, 2.45) is 0 Å². The molecule has 18 heavy (non-hydrogen) atoms. The van der Waals surface area contributed by atoms with Crippen LogP contribution >= 0.6 is 0 Å². The van der Waals surface area contributed by atoms with E-state index in [1.54, 1.807) is 0 Å². The van der Waals surface area contributed by atoms with E-state index in [-0.39, 0.29) is 5.41 Å². The predicted octanol–water partition coefficient (Wildman–Crippen LogP) is 2.16. The Bertz CT molecular complexity index is 471. The molecular weight excluding hydrogens is 230 g/mol. The van der Waals surface area contributed by atoms with Gasteiger partial charge in [0, 0.05) is 6.42 Å². The Balaban J connectivity index is 2.07. The van der Waals surface area contributed by atoms with Crippen molar-refractivity contribution < 1.29 is 14.3 Å². The molecule has 0 bridgehead atoms. The maximum Gasteiger partial charge on any atom is 0.415 e. The first-order valence-corrected chi connectivity index (χ1v) is 5.98. The van der Waals surface area contributed by atoms with E-state index in [0.29, 0.717) is 6.42 Å². The third-order valence-electron chi connectivity index (χ3n) is 3.03. The third kappa shape index (κ3) is 2.70. The normalized spacial score (nSPS) is 19.6. The van der Waals surface area contributed by atoms with Gasteiger partial charge in [-0.2, -0.15) is 0 Å². The number of alkyl carbamates (subject to hydrolysis) is 1. The Kier molecular flexibility index (Phi) is 3.11. The van der Waals surface area contributed by atoms with E-state index in [4.69, 9.17) is 0 Å². The highest BCUT2D eigenvalue weighted by atomic mass is 16.6. The van der Waals surface area contributed by atoms with Gasteiger partial charge in [-0.25, -0.2) is 9.59 Å². The van der Waals surface area contributed by atoms with E-state index in [0.717, 1.165) is 5.56 Å². The number of cyclic esters (lactones) is 2. The molecule has 1 aromatic rings. The molecule has 0 spiro atoms. The second-order valence-corrected chi connectivity index (χ2v) is 5.56. The molecule has 0 radical (unpaired) electrons. The summed E-state index contributed by atoms with van der Waals surface area (Å²) >= 11 is 0. The van der Waals surface area contributed by atoms with Crippen LogP contribution in [0.15, 0.2) is 24.3 Å². The number of benzene rings is 1. The van der Waals surface area contributed by atoms with Gasteiger partial charge < -0.3 is 10.1 Å². The van der Waals surface area contributed by atoms with Crippen molar-refractivity contribution in [3.8, 4) is 0 Å². The zero-order chi connectivity index (χ0) is 13.3. The summed E-state index contributed by atoms with van der Waals surface area (Å²) in [6, 6.07) is 7.52. The van der Waals surface area contributed by atoms with E-state index in [2.05, 4.69) is 43.0 Å². The number of carbonyl (C=O) groups is 2. The summed E-state index contributed by atoms with van der Waals surface area (Å²) in [4.78, 5) is 22.2. The molecule has 1 unspecified atom stereocenters. The fourth-order valence-electron chi connectivity index (χ4n) is 1.90. The van der Waals surface area contributed by atoms with Crippen LogP contribution in [0.25, 0.3) is 0 Å². The topological polar surface area (TPSA) is 55.4 Å². The summed E-state index contributed by atoms with van der Waals surface area (Å²) in [5, 5.41) is 2.49. The highest BCUT2D eigenvalue weighted by Crippen LogP contribution is 2.22. The molecule has 4 heteroatoms.